The highest BCUT2D eigenvalue weighted by Gasteiger charge is 2.06. The van der Waals surface area contributed by atoms with E-state index in [4.69, 9.17) is 5.26 Å². The van der Waals surface area contributed by atoms with Crippen molar-refractivity contribution in [1.82, 2.24) is 0 Å². The first-order valence-electron chi connectivity index (χ1n) is 5.68. The maximum absolute atomic E-state index is 9.03. The molecule has 1 rings (SSSR count). The van der Waals surface area contributed by atoms with Crippen molar-refractivity contribution in [2.45, 2.75) is 38.6 Å². The number of benzene rings is 1. The summed E-state index contributed by atoms with van der Waals surface area (Å²) in [5.74, 6) is 0. The molecule has 1 aromatic rings. The molecule has 86 valence electrons. The third-order valence-electron chi connectivity index (χ3n) is 2.42. The van der Waals surface area contributed by atoms with E-state index in [-0.39, 0.29) is 6.04 Å². The van der Waals surface area contributed by atoms with Gasteiger partial charge in [-0.2, -0.15) is 5.26 Å². The first-order valence-corrected chi connectivity index (χ1v) is 6.47. The minimum absolute atomic E-state index is 0.0825. The van der Waals surface area contributed by atoms with E-state index in [1.165, 1.54) is 12.8 Å². The number of nitriles is 1. The molecular weight excluding hydrogens is 264 g/mol. The van der Waals surface area contributed by atoms with Crippen LogP contribution in [0, 0.1) is 11.3 Å². The molecule has 0 aliphatic heterocycles. The fourth-order valence-corrected chi connectivity index (χ4v) is 1.95. The van der Waals surface area contributed by atoms with Gasteiger partial charge in [-0.05, 0) is 24.6 Å². The van der Waals surface area contributed by atoms with Crippen molar-refractivity contribution in [3.05, 3.63) is 28.7 Å². The highest BCUT2D eigenvalue weighted by atomic mass is 79.9. The summed E-state index contributed by atoms with van der Waals surface area (Å²) in [5.41, 5.74) is 0.998. The van der Waals surface area contributed by atoms with Crippen molar-refractivity contribution in [3.63, 3.8) is 0 Å². The molecule has 0 amide bonds. The van der Waals surface area contributed by atoms with Crippen LogP contribution in [0.5, 0.6) is 0 Å². The zero-order valence-electron chi connectivity index (χ0n) is 9.54. The normalized spacial score (nSPS) is 11.8. The Bertz CT molecular complexity index is 357. The van der Waals surface area contributed by atoms with Crippen LogP contribution in [0.3, 0.4) is 0 Å². The molecule has 0 aliphatic rings. The number of rotatable bonds is 6. The molecule has 0 aliphatic carbocycles. The second-order valence-corrected chi connectivity index (χ2v) is 4.75. The number of halogens is 1. The summed E-state index contributed by atoms with van der Waals surface area (Å²) in [6.07, 6.45) is 4.40. The Morgan fingerprint density at radius 3 is 2.88 bits per heavy atom. The summed E-state index contributed by atoms with van der Waals surface area (Å²) in [7, 11) is 0. The molecule has 1 atom stereocenters. The Balaban J connectivity index is 2.47. The van der Waals surface area contributed by atoms with Crippen molar-refractivity contribution in [2.75, 3.05) is 5.32 Å². The van der Waals surface area contributed by atoms with E-state index in [9.17, 15) is 0 Å². The fraction of sp³-hybridized carbons (Fsp3) is 0.462. The third kappa shape index (κ3) is 4.67. The van der Waals surface area contributed by atoms with Crippen LogP contribution in [-0.2, 0) is 0 Å². The van der Waals surface area contributed by atoms with E-state index in [2.05, 4.69) is 34.2 Å². The summed E-state index contributed by atoms with van der Waals surface area (Å²) in [6.45, 7) is 2.17. The molecule has 0 saturated heterocycles. The van der Waals surface area contributed by atoms with E-state index in [1.807, 2.05) is 24.3 Å². The molecule has 0 radical (unpaired) electrons. The highest BCUT2D eigenvalue weighted by Crippen LogP contribution is 2.17. The molecule has 1 aromatic carbocycles. The molecule has 0 bridgehead atoms. The van der Waals surface area contributed by atoms with Crippen LogP contribution >= 0.6 is 15.9 Å². The molecule has 0 spiro atoms. The first-order chi connectivity index (χ1) is 7.76. The topological polar surface area (TPSA) is 35.8 Å². The standard InChI is InChI=1S/C13H17BrN2/c1-2-3-4-7-13(10-15)16-12-8-5-6-11(14)9-12/h5-6,8-9,13,16H,2-4,7H2,1H3. The van der Waals surface area contributed by atoms with Crippen LogP contribution in [0.25, 0.3) is 0 Å². The zero-order chi connectivity index (χ0) is 11.8. The van der Waals surface area contributed by atoms with Gasteiger partial charge in [0, 0.05) is 10.2 Å². The molecule has 0 fully saturated rings. The lowest BCUT2D eigenvalue weighted by Gasteiger charge is -2.12. The first kappa shape index (κ1) is 13.1. The van der Waals surface area contributed by atoms with Crippen LogP contribution in [-0.4, -0.2) is 6.04 Å². The van der Waals surface area contributed by atoms with Gasteiger partial charge in [0.2, 0.25) is 0 Å². The molecule has 1 N–H and O–H groups in total. The predicted octanol–water partition coefficient (Wildman–Crippen LogP) is 4.33. The maximum atomic E-state index is 9.03. The van der Waals surface area contributed by atoms with Gasteiger partial charge in [-0.3, -0.25) is 0 Å². The summed E-state index contributed by atoms with van der Waals surface area (Å²) >= 11 is 3.41. The number of nitrogens with one attached hydrogen (secondary N) is 1. The van der Waals surface area contributed by atoms with Gasteiger partial charge in [-0.1, -0.05) is 48.2 Å². The maximum Gasteiger partial charge on any atom is 0.114 e. The lowest BCUT2D eigenvalue weighted by Crippen LogP contribution is -2.16. The van der Waals surface area contributed by atoms with E-state index in [0.717, 1.165) is 23.0 Å². The van der Waals surface area contributed by atoms with E-state index in [1.54, 1.807) is 0 Å². The quantitative estimate of drug-likeness (QED) is 0.787. The number of hydrogen-bond acceptors (Lipinski definition) is 2. The van der Waals surface area contributed by atoms with Gasteiger partial charge in [-0.15, -0.1) is 0 Å². The fourth-order valence-electron chi connectivity index (χ4n) is 1.55. The van der Waals surface area contributed by atoms with E-state index < -0.39 is 0 Å². The lowest BCUT2D eigenvalue weighted by atomic mass is 10.1. The molecule has 3 heteroatoms. The largest absolute Gasteiger partial charge is 0.370 e. The van der Waals surface area contributed by atoms with Crippen molar-refractivity contribution in [1.29, 1.82) is 5.26 Å². The van der Waals surface area contributed by atoms with Gasteiger partial charge >= 0.3 is 0 Å². The van der Waals surface area contributed by atoms with Crippen molar-refractivity contribution in [2.24, 2.45) is 0 Å². The lowest BCUT2D eigenvalue weighted by molar-refractivity contribution is 0.646. The average molecular weight is 281 g/mol. The summed E-state index contributed by atoms with van der Waals surface area (Å²) in [5, 5.41) is 12.3. The monoisotopic (exact) mass is 280 g/mol. The molecule has 0 heterocycles. The third-order valence-corrected chi connectivity index (χ3v) is 2.91. The van der Waals surface area contributed by atoms with Crippen LogP contribution < -0.4 is 5.32 Å². The van der Waals surface area contributed by atoms with E-state index in [0.29, 0.717) is 0 Å². The number of anilines is 1. The van der Waals surface area contributed by atoms with Crippen molar-refractivity contribution in [3.8, 4) is 6.07 Å². The van der Waals surface area contributed by atoms with E-state index >= 15 is 0 Å². The minimum atomic E-state index is -0.0825. The van der Waals surface area contributed by atoms with Crippen molar-refractivity contribution < 1.29 is 0 Å². The van der Waals surface area contributed by atoms with Gasteiger partial charge in [0.05, 0.1) is 6.07 Å². The Kier molecular flexibility index (Phi) is 5.95. The highest BCUT2D eigenvalue weighted by molar-refractivity contribution is 9.10. The van der Waals surface area contributed by atoms with Crippen LogP contribution in [0.2, 0.25) is 0 Å². The summed E-state index contributed by atoms with van der Waals surface area (Å²) in [4.78, 5) is 0. The van der Waals surface area contributed by atoms with Gasteiger partial charge < -0.3 is 5.32 Å². The molecule has 1 unspecified atom stereocenters. The Morgan fingerprint density at radius 1 is 1.44 bits per heavy atom. The minimum Gasteiger partial charge on any atom is -0.370 e. The molecular formula is C13H17BrN2. The number of hydrogen-bond donors (Lipinski definition) is 1. The summed E-state index contributed by atoms with van der Waals surface area (Å²) < 4.78 is 1.03. The Labute approximate surface area is 106 Å². The van der Waals surface area contributed by atoms with Gasteiger partial charge in [0.15, 0.2) is 0 Å². The second kappa shape index (κ2) is 7.29. The smallest absolute Gasteiger partial charge is 0.114 e. The molecule has 0 aromatic heterocycles. The van der Waals surface area contributed by atoms with Crippen LogP contribution in [0.15, 0.2) is 28.7 Å². The summed E-state index contributed by atoms with van der Waals surface area (Å²) in [6, 6.07) is 10.1. The van der Waals surface area contributed by atoms with Gasteiger partial charge in [-0.25, -0.2) is 0 Å². The Hall–Kier alpha value is -1.01. The van der Waals surface area contributed by atoms with Crippen LogP contribution in [0.1, 0.15) is 32.6 Å². The van der Waals surface area contributed by atoms with Gasteiger partial charge in [0.1, 0.15) is 6.04 Å². The SMILES string of the molecule is CCCCCC(C#N)Nc1cccc(Br)c1. The number of unbranched alkanes of at least 4 members (excludes halogenated alkanes) is 2. The molecule has 2 nitrogen and oxygen atoms in total. The average Bonchev–Trinajstić information content (AvgIpc) is 2.28. The molecule has 0 saturated carbocycles. The zero-order valence-corrected chi connectivity index (χ0v) is 11.1. The second-order valence-electron chi connectivity index (χ2n) is 3.83. The van der Waals surface area contributed by atoms with Gasteiger partial charge in [0.25, 0.3) is 0 Å². The molecule has 16 heavy (non-hydrogen) atoms. The number of nitrogens with zero attached hydrogens (tertiary/aromatic N) is 1. The van der Waals surface area contributed by atoms with Crippen LogP contribution in [0.4, 0.5) is 5.69 Å². The Morgan fingerprint density at radius 2 is 2.25 bits per heavy atom. The van der Waals surface area contributed by atoms with Crippen molar-refractivity contribution >= 4 is 21.6 Å². The predicted molar refractivity (Wildman–Crippen MR) is 71.3 cm³/mol.